The lowest BCUT2D eigenvalue weighted by Crippen LogP contribution is -2.07. The largest absolute Gasteiger partial charge is 0.362 e. The minimum atomic E-state index is -0.139. The van der Waals surface area contributed by atoms with Gasteiger partial charge in [-0.25, -0.2) is 9.97 Å². The molecule has 20 heavy (non-hydrogen) atoms. The van der Waals surface area contributed by atoms with Crippen molar-refractivity contribution in [2.24, 2.45) is 0 Å². The molecule has 7 heteroatoms. The average molecular weight is 355 g/mol. The Labute approximate surface area is 130 Å². The highest BCUT2D eigenvalue weighted by atomic mass is 79.9. The maximum Gasteiger partial charge on any atom is 0.222 e. The number of nitrogens with zero attached hydrogens (tertiary/aromatic N) is 2. The third kappa shape index (κ3) is 3.77. The van der Waals surface area contributed by atoms with Crippen molar-refractivity contribution in [3.05, 3.63) is 22.9 Å². The van der Waals surface area contributed by atoms with E-state index in [4.69, 9.17) is 0 Å². The number of hydrogen-bond donors (Lipinski definition) is 2. The van der Waals surface area contributed by atoms with Gasteiger partial charge >= 0.3 is 0 Å². The van der Waals surface area contributed by atoms with Gasteiger partial charge in [0.2, 0.25) is 5.91 Å². The van der Waals surface area contributed by atoms with E-state index in [1.54, 1.807) is 17.5 Å². The second-order valence-electron chi connectivity index (χ2n) is 4.19. The Morgan fingerprint density at radius 2 is 2.20 bits per heavy atom. The molecular formula is C13H15BrN4OS. The van der Waals surface area contributed by atoms with Crippen LogP contribution in [0.2, 0.25) is 0 Å². The van der Waals surface area contributed by atoms with Gasteiger partial charge < -0.3 is 10.6 Å². The molecule has 0 saturated carbocycles. The number of halogens is 1. The molecule has 0 aliphatic rings. The molecule has 0 aromatic carbocycles. The van der Waals surface area contributed by atoms with Crippen molar-refractivity contribution in [2.45, 2.75) is 20.3 Å². The van der Waals surface area contributed by atoms with E-state index in [9.17, 15) is 4.79 Å². The molecule has 0 radical (unpaired) electrons. The normalized spacial score (nSPS) is 10.3. The summed E-state index contributed by atoms with van der Waals surface area (Å²) in [6, 6.07) is 1.84. The lowest BCUT2D eigenvalue weighted by Gasteiger charge is -2.05. The molecule has 106 valence electrons. The monoisotopic (exact) mass is 354 g/mol. The SMILES string of the molecule is CCCNc1ncc(-c2cc(NC(C)=O)ncc2Br)s1. The van der Waals surface area contributed by atoms with Crippen LogP contribution in [0.4, 0.5) is 10.9 Å². The molecule has 0 fully saturated rings. The van der Waals surface area contributed by atoms with Crippen LogP contribution >= 0.6 is 27.3 Å². The van der Waals surface area contributed by atoms with Crippen LogP contribution in [0, 0.1) is 0 Å². The first kappa shape index (κ1) is 14.9. The zero-order chi connectivity index (χ0) is 14.5. The molecule has 0 atom stereocenters. The van der Waals surface area contributed by atoms with Crippen LogP contribution in [-0.2, 0) is 4.79 Å². The van der Waals surface area contributed by atoms with E-state index in [0.717, 1.165) is 33.0 Å². The van der Waals surface area contributed by atoms with Crippen molar-refractivity contribution in [1.82, 2.24) is 9.97 Å². The van der Waals surface area contributed by atoms with E-state index < -0.39 is 0 Å². The number of nitrogens with one attached hydrogen (secondary N) is 2. The third-order valence-corrected chi connectivity index (χ3v) is 4.08. The first-order chi connectivity index (χ1) is 9.60. The zero-order valence-electron chi connectivity index (χ0n) is 11.2. The Morgan fingerprint density at radius 3 is 2.90 bits per heavy atom. The van der Waals surface area contributed by atoms with Crippen molar-refractivity contribution in [1.29, 1.82) is 0 Å². The van der Waals surface area contributed by atoms with Crippen LogP contribution in [0.15, 0.2) is 22.9 Å². The minimum absolute atomic E-state index is 0.139. The number of rotatable bonds is 5. The molecule has 0 aliphatic heterocycles. The fourth-order valence-electron chi connectivity index (χ4n) is 1.59. The summed E-state index contributed by atoms with van der Waals surface area (Å²) >= 11 is 5.05. The van der Waals surface area contributed by atoms with E-state index in [0.29, 0.717) is 5.82 Å². The van der Waals surface area contributed by atoms with Gasteiger partial charge in [0.1, 0.15) is 5.82 Å². The zero-order valence-corrected chi connectivity index (χ0v) is 13.6. The lowest BCUT2D eigenvalue weighted by molar-refractivity contribution is -0.114. The highest BCUT2D eigenvalue weighted by Gasteiger charge is 2.10. The Bertz CT molecular complexity index is 614. The Morgan fingerprint density at radius 1 is 1.40 bits per heavy atom. The second-order valence-corrected chi connectivity index (χ2v) is 6.07. The minimum Gasteiger partial charge on any atom is -0.362 e. The van der Waals surface area contributed by atoms with Crippen LogP contribution in [0.1, 0.15) is 20.3 Å². The van der Waals surface area contributed by atoms with Gasteiger partial charge in [-0.05, 0) is 28.4 Å². The van der Waals surface area contributed by atoms with Gasteiger partial charge in [0, 0.05) is 35.9 Å². The first-order valence-corrected chi connectivity index (χ1v) is 7.84. The van der Waals surface area contributed by atoms with Gasteiger partial charge in [-0.3, -0.25) is 4.79 Å². The van der Waals surface area contributed by atoms with Crippen LogP contribution in [-0.4, -0.2) is 22.4 Å². The molecule has 0 bridgehead atoms. The fraction of sp³-hybridized carbons (Fsp3) is 0.308. The van der Waals surface area contributed by atoms with Gasteiger partial charge in [-0.15, -0.1) is 0 Å². The van der Waals surface area contributed by atoms with Crippen molar-refractivity contribution >= 4 is 44.1 Å². The third-order valence-electron chi connectivity index (χ3n) is 2.46. The van der Waals surface area contributed by atoms with E-state index in [1.807, 2.05) is 12.3 Å². The predicted molar refractivity (Wildman–Crippen MR) is 86.1 cm³/mol. The molecule has 0 aliphatic carbocycles. The molecule has 2 N–H and O–H groups in total. The number of anilines is 2. The molecular weight excluding hydrogens is 340 g/mol. The number of carbonyl (C=O) groups excluding carboxylic acids is 1. The standard InChI is InChI=1S/C13H15BrN4OS/c1-3-4-15-13-17-7-11(20-13)9-5-12(18-8(2)19)16-6-10(9)14/h5-7H,3-4H2,1-2H3,(H,15,17)(H,16,18,19). The summed E-state index contributed by atoms with van der Waals surface area (Å²) in [4.78, 5) is 20.6. The summed E-state index contributed by atoms with van der Waals surface area (Å²) in [5.41, 5.74) is 0.964. The van der Waals surface area contributed by atoms with Gasteiger partial charge in [-0.2, -0.15) is 0 Å². The fourth-order valence-corrected chi connectivity index (χ4v) is 3.02. The molecule has 5 nitrogen and oxygen atoms in total. The van der Waals surface area contributed by atoms with Crippen LogP contribution < -0.4 is 10.6 Å². The highest BCUT2D eigenvalue weighted by Crippen LogP contribution is 2.34. The second kappa shape index (κ2) is 6.81. The number of pyridine rings is 1. The Kier molecular flexibility index (Phi) is 5.08. The van der Waals surface area contributed by atoms with Gasteiger partial charge in [0.05, 0.1) is 4.88 Å². The van der Waals surface area contributed by atoms with Gasteiger partial charge in [0.25, 0.3) is 0 Å². The number of thiazole rings is 1. The first-order valence-electron chi connectivity index (χ1n) is 6.23. The van der Waals surface area contributed by atoms with Crippen LogP contribution in [0.25, 0.3) is 10.4 Å². The van der Waals surface area contributed by atoms with E-state index in [-0.39, 0.29) is 5.91 Å². The maximum atomic E-state index is 11.1. The van der Waals surface area contributed by atoms with Crippen molar-refractivity contribution in [2.75, 3.05) is 17.2 Å². The van der Waals surface area contributed by atoms with E-state index in [2.05, 4.69) is 43.5 Å². The molecule has 2 rings (SSSR count). The summed E-state index contributed by atoms with van der Waals surface area (Å²) < 4.78 is 0.872. The molecule has 0 unspecified atom stereocenters. The van der Waals surface area contributed by atoms with Gasteiger partial charge in [0.15, 0.2) is 5.13 Å². The van der Waals surface area contributed by atoms with E-state index >= 15 is 0 Å². The molecule has 0 spiro atoms. The number of aromatic nitrogens is 2. The quantitative estimate of drug-likeness (QED) is 0.857. The Hall–Kier alpha value is -1.47. The summed E-state index contributed by atoms with van der Waals surface area (Å²) in [5, 5.41) is 6.83. The topological polar surface area (TPSA) is 66.9 Å². The lowest BCUT2D eigenvalue weighted by atomic mass is 10.2. The molecule has 2 aromatic heterocycles. The van der Waals surface area contributed by atoms with Crippen molar-refractivity contribution in [3.63, 3.8) is 0 Å². The molecule has 2 heterocycles. The van der Waals surface area contributed by atoms with Crippen molar-refractivity contribution < 1.29 is 4.79 Å². The maximum absolute atomic E-state index is 11.1. The summed E-state index contributed by atoms with van der Waals surface area (Å²) in [7, 11) is 0. The van der Waals surface area contributed by atoms with Crippen molar-refractivity contribution in [3.8, 4) is 10.4 Å². The Balaban J connectivity index is 2.26. The van der Waals surface area contributed by atoms with Crippen LogP contribution in [0.3, 0.4) is 0 Å². The summed E-state index contributed by atoms with van der Waals surface area (Å²) in [6.07, 6.45) is 4.56. The summed E-state index contributed by atoms with van der Waals surface area (Å²) in [5.74, 6) is 0.396. The summed E-state index contributed by atoms with van der Waals surface area (Å²) in [6.45, 7) is 4.48. The molecule has 1 amide bonds. The van der Waals surface area contributed by atoms with E-state index in [1.165, 1.54) is 6.92 Å². The predicted octanol–water partition coefficient (Wildman–Crippen LogP) is 3.75. The molecule has 0 saturated heterocycles. The van der Waals surface area contributed by atoms with Crippen LogP contribution in [0.5, 0.6) is 0 Å². The molecule has 2 aromatic rings. The van der Waals surface area contributed by atoms with Gasteiger partial charge in [-0.1, -0.05) is 18.3 Å². The number of amides is 1. The highest BCUT2D eigenvalue weighted by molar-refractivity contribution is 9.10. The number of hydrogen-bond acceptors (Lipinski definition) is 5. The number of carbonyl (C=O) groups is 1. The average Bonchev–Trinajstić information content (AvgIpc) is 2.86. The smallest absolute Gasteiger partial charge is 0.222 e.